The van der Waals surface area contributed by atoms with E-state index < -0.39 is 13.1 Å². The molecule has 6 aromatic rings. The van der Waals surface area contributed by atoms with Crippen molar-refractivity contribution >= 4 is 102 Å². The minimum atomic E-state index is -2.65. The zero-order valence-corrected chi connectivity index (χ0v) is 45.3. The van der Waals surface area contributed by atoms with Crippen molar-refractivity contribution in [1.29, 1.82) is 0 Å². The fourth-order valence-corrected chi connectivity index (χ4v) is 15.7. The average molecular weight is 1090 g/mol. The molecule has 0 saturated carbocycles. The summed E-state index contributed by atoms with van der Waals surface area (Å²) >= 11 is 3.69. The summed E-state index contributed by atoms with van der Waals surface area (Å²) < 4.78 is 23.4. The van der Waals surface area contributed by atoms with E-state index in [1.165, 1.54) is 11.3 Å². The molecule has 5 aliphatic heterocycles. The number of ether oxygens (including phenoxy) is 1. The van der Waals surface area contributed by atoms with Crippen LogP contribution in [-0.4, -0.2) is 130 Å². The minimum Gasteiger partial charge on any atom is -0.492 e. The van der Waals surface area contributed by atoms with Gasteiger partial charge in [0.2, 0.25) is 23.7 Å². The van der Waals surface area contributed by atoms with Crippen molar-refractivity contribution in [3.63, 3.8) is 0 Å². The van der Waals surface area contributed by atoms with E-state index in [-0.39, 0.29) is 23.6 Å². The summed E-state index contributed by atoms with van der Waals surface area (Å²) in [5, 5.41) is 17.0. The van der Waals surface area contributed by atoms with Gasteiger partial charge >= 0.3 is 0 Å². The van der Waals surface area contributed by atoms with Crippen LogP contribution in [0.25, 0.3) is 21.8 Å². The highest BCUT2D eigenvalue weighted by Crippen LogP contribution is 2.54. The number of amides is 3. The Morgan fingerprint density at radius 3 is 2.36 bits per heavy atom. The second-order valence-electron chi connectivity index (χ2n) is 20.5. The lowest BCUT2D eigenvalue weighted by molar-refractivity contribution is -0.138. The van der Waals surface area contributed by atoms with Crippen LogP contribution >= 0.6 is 23.1 Å². The Bertz CT molecular complexity index is 3190. The summed E-state index contributed by atoms with van der Waals surface area (Å²) in [6.07, 6.45) is 9.53. The Labute approximate surface area is 440 Å². The summed E-state index contributed by atoms with van der Waals surface area (Å²) in [5.74, 6) is 0.893. The predicted molar refractivity (Wildman–Crippen MR) is 296 cm³/mol. The van der Waals surface area contributed by atoms with Gasteiger partial charge in [-0.25, -0.2) is 4.98 Å². The average Bonchev–Trinajstić information content (AvgIpc) is 4.01. The third-order valence-corrected chi connectivity index (χ3v) is 20.0. The number of aryl methyl sites for hydroxylation is 3. The fraction of sp³-hybridized carbons (Fsp3) is 0.473. The SMILES string of the molecule is CCOc1cc(N2CCC(N3CCN(C(=O)C4CN(c5cccc6c(C7CCC(=O)NC7=O)nn(C)c56)C4)CC3)CC2)c(CC)cc1Nc1ncc(Br)c(Nc2ccc3nc(CC)ccc3c2P2(=O)CCCC2)n1. The smallest absolute Gasteiger partial charge is 0.235 e. The van der Waals surface area contributed by atoms with Crippen molar-refractivity contribution in [3.8, 4) is 5.75 Å². The second kappa shape index (κ2) is 20.9. The van der Waals surface area contributed by atoms with Crippen molar-refractivity contribution < 1.29 is 23.7 Å². The van der Waals surface area contributed by atoms with Crippen LogP contribution in [0.3, 0.4) is 0 Å². The molecule has 5 saturated heterocycles. The van der Waals surface area contributed by atoms with Crippen LogP contribution in [0.15, 0.2) is 65.3 Å². The molecule has 11 rings (SSSR count). The molecule has 5 aliphatic rings. The van der Waals surface area contributed by atoms with Crippen LogP contribution in [0, 0.1) is 5.92 Å². The number of fused-ring (bicyclic) bond motifs is 2. The van der Waals surface area contributed by atoms with Gasteiger partial charge in [-0.2, -0.15) is 10.1 Å². The van der Waals surface area contributed by atoms with E-state index in [0.717, 1.165) is 133 Å². The number of nitrogens with zero attached hydrogens (tertiary/aromatic N) is 9. The first kappa shape index (κ1) is 50.1. The summed E-state index contributed by atoms with van der Waals surface area (Å²) in [7, 11) is -0.761. The van der Waals surface area contributed by atoms with Crippen LogP contribution in [0.5, 0.6) is 5.75 Å². The van der Waals surface area contributed by atoms with Gasteiger partial charge in [0.15, 0.2) is 0 Å². The second-order valence-corrected chi connectivity index (χ2v) is 24.5. The number of halogens is 1. The van der Waals surface area contributed by atoms with Crippen molar-refractivity contribution in [2.24, 2.45) is 13.0 Å². The van der Waals surface area contributed by atoms with E-state index in [1.807, 2.05) is 49.0 Å². The first-order chi connectivity index (χ1) is 35.9. The molecule has 0 bridgehead atoms. The van der Waals surface area contributed by atoms with Gasteiger partial charge in [0.1, 0.15) is 18.7 Å². The Kier molecular flexibility index (Phi) is 14.1. The number of carbonyl (C=O) groups excluding carboxylic acids is 3. The maximum Gasteiger partial charge on any atom is 0.235 e. The van der Waals surface area contributed by atoms with Gasteiger partial charge < -0.3 is 34.6 Å². The van der Waals surface area contributed by atoms with Gasteiger partial charge in [0.25, 0.3) is 0 Å². The van der Waals surface area contributed by atoms with E-state index in [4.69, 9.17) is 19.8 Å². The maximum absolute atomic E-state index is 14.6. The van der Waals surface area contributed by atoms with E-state index in [0.29, 0.717) is 72.8 Å². The van der Waals surface area contributed by atoms with E-state index >= 15 is 0 Å². The van der Waals surface area contributed by atoms with Gasteiger partial charge in [-0.15, -0.1) is 0 Å². The Morgan fingerprint density at radius 2 is 1.64 bits per heavy atom. The molecule has 0 spiro atoms. The lowest BCUT2D eigenvalue weighted by atomic mass is 9.92. The number of hydrogen-bond donors (Lipinski definition) is 3. The normalized spacial score (nSPS) is 19.8. The highest BCUT2D eigenvalue weighted by molar-refractivity contribution is 9.10. The Balaban J connectivity index is 0.711. The lowest BCUT2D eigenvalue weighted by Crippen LogP contribution is -2.59. The number of piperazine rings is 1. The summed E-state index contributed by atoms with van der Waals surface area (Å²) in [5.41, 5.74) is 8.51. The monoisotopic (exact) mass is 1080 g/mol. The van der Waals surface area contributed by atoms with Crippen LogP contribution in [-0.2, 0) is 38.8 Å². The standard InChI is InChI=1S/C55H66BrN12O5P/c1-5-34-29-44(60-55-57-31-41(56)52(62-55)59-43-17-16-42-38(14-13-36(6-2)58-42)51(43)74(72)27-8-9-28-74)47(73-7-3)30-46(34)66-21-19-37(20-22-66)65-23-25-67(26-24-65)54(71)35-32-68(33-35)45-12-10-11-39-49(63-64(4)50(39)45)40-15-18-48(69)61-53(40)70/h10-14,16-17,29-31,35,37,40H,5-9,15,18-28,32-33H2,1-4H3,(H,61,69,70)(H2,57,59,60,62). The summed E-state index contributed by atoms with van der Waals surface area (Å²) in [6.45, 7) is 13.1. The summed E-state index contributed by atoms with van der Waals surface area (Å²) in [4.78, 5) is 62.3. The van der Waals surface area contributed by atoms with Crippen LogP contribution in [0.4, 0.5) is 34.5 Å². The molecule has 3 amide bonds. The number of imide groups is 1. The number of carbonyl (C=O) groups is 3. The van der Waals surface area contributed by atoms with Crippen LogP contribution in [0.1, 0.15) is 82.2 Å². The van der Waals surface area contributed by atoms with Gasteiger partial charge in [0, 0.05) is 124 Å². The Morgan fingerprint density at radius 1 is 0.851 bits per heavy atom. The maximum atomic E-state index is 14.6. The largest absolute Gasteiger partial charge is 0.492 e. The molecule has 17 nitrogen and oxygen atoms in total. The van der Waals surface area contributed by atoms with Gasteiger partial charge in [-0.05, 0) is 104 Å². The molecule has 19 heteroatoms. The number of hydrogen-bond acceptors (Lipinski definition) is 14. The molecule has 0 radical (unpaired) electrons. The molecular formula is C55H66BrN12O5P. The molecule has 1 unspecified atom stereocenters. The molecule has 3 N–H and O–H groups in total. The number of pyridine rings is 1. The number of rotatable bonds is 14. The third-order valence-electron chi connectivity index (χ3n) is 16.0. The quantitative estimate of drug-likeness (QED) is 0.0701. The van der Waals surface area contributed by atoms with Gasteiger partial charge in [-0.1, -0.05) is 32.0 Å². The zero-order valence-electron chi connectivity index (χ0n) is 42.8. The molecule has 3 aromatic heterocycles. The highest BCUT2D eigenvalue weighted by atomic mass is 79.9. The topological polar surface area (TPSA) is 183 Å². The fourth-order valence-electron chi connectivity index (χ4n) is 12.0. The van der Waals surface area contributed by atoms with Crippen molar-refractivity contribution in [3.05, 3.63) is 82.2 Å². The molecule has 8 heterocycles. The number of piperidine rings is 2. The summed E-state index contributed by atoms with van der Waals surface area (Å²) in [6, 6.07) is 19.0. The number of nitrogens with one attached hydrogen (secondary N) is 3. The first-order valence-electron chi connectivity index (χ1n) is 26.6. The van der Waals surface area contributed by atoms with Crippen molar-refractivity contribution in [2.75, 3.05) is 91.7 Å². The highest BCUT2D eigenvalue weighted by Gasteiger charge is 2.40. The molecular weight excluding hydrogens is 1020 g/mol. The van der Waals surface area contributed by atoms with Crippen LogP contribution < -0.4 is 35.8 Å². The Hall–Kier alpha value is -6.10. The first-order valence-corrected chi connectivity index (χ1v) is 29.5. The predicted octanol–water partition coefficient (Wildman–Crippen LogP) is 8.24. The number of para-hydroxylation sites is 1. The molecule has 0 aliphatic carbocycles. The van der Waals surface area contributed by atoms with Crippen LogP contribution in [0.2, 0.25) is 0 Å². The van der Waals surface area contributed by atoms with E-state index in [9.17, 15) is 18.9 Å². The minimum absolute atomic E-state index is 0.0618. The molecule has 5 fully saturated rings. The molecule has 74 heavy (non-hydrogen) atoms. The third kappa shape index (κ3) is 9.62. The van der Waals surface area contributed by atoms with Gasteiger partial charge in [0.05, 0.1) is 56.7 Å². The van der Waals surface area contributed by atoms with E-state index in [2.05, 4.69) is 94.6 Å². The number of anilines is 6. The molecule has 388 valence electrons. The molecule has 1 atom stereocenters. The molecule has 3 aromatic carbocycles. The van der Waals surface area contributed by atoms with Crippen molar-refractivity contribution in [1.82, 2.24) is 39.8 Å². The number of aromatic nitrogens is 5. The lowest BCUT2D eigenvalue weighted by Gasteiger charge is -2.46. The zero-order chi connectivity index (χ0) is 51.3. The van der Waals surface area contributed by atoms with Crippen molar-refractivity contribution in [2.45, 2.75) is 84.1 Å². The van der Waals surface area contributed by atoms with Gasteiger partial charge in [-0.3, -0.25) is 34.3 Å². The van der Waals surface area contributed by atoms with E-state index in [1.54, 1.807) is 6.20 Å². The number of benzene rings is 3.